The predicted octanol–water partition coefficient (Wildman–Crippen LogP) is 2.02. The second-order valence-electron chi connectivity index (χ2n) is 7.61. The van der Waals surface area contributed by atoms with Gasteiger partial charge in [0.2, 0.25) is 5.88 Å². The van der Waals surface area contributed by atoms with Crippen molar-refractivity contribution in [3.8, 4) is 11.8 Å². The topological polar surface area (TPSA) is 129 Å². The van der Waals surface area contributed by atoms with Crippen LogP contribution in [0, 0.1) is 23.5 Å². The number of nitrogens with one attached hydrogen (secondary N) is 1. The van der Waals surface area contributed by atoms with Crippen LogP contribution in [0.25, 0.3) is 0 Å². The zero-order valence-electron chi connectivity index (χ0n) is 17.4. The van der Waals surface area contributed by atoms with Crippen LogP contribution < -0.4 is 21.3 Å². The van der Waals surface area contributed by atoms with Crippen LogP contribution in [0.1, 0.15) is 28.3 Å². The Kier molecular flexibility index (Phi) is 5.79. The lowest BCUT2D eigenvalue weighted by Gasteiger charge is -2.27. The summed E-state index contributed by atoms with van der Waals surface area (Å²) in [6.07, 6.45) is 0.669. The van der Waals surface area contributed by atoms with Gasteiger partial charge in [0.25, 0.3) is 5.56 Å². The summed E-state index contributed by atoms with van der Waals surface area (Å²) < 4.78 is 7.33. The molecule has 8 heteroatoms. The van der Waals surface area contributed by atoms with E-state index in [4.69, 9.17) is 10.5 Å². The summed E-state index contributed by atoms with van der Waals surface area (Å²) in [4.78, 5) is 13.6. The zero-order valence-corrected chi connectivity index (χ0v) is 17.4. The molecular formula is C24H22N4O4. The highest BCUT2D eigenvalue weighted by Gasteiger charge is 2.34. The summed E-state index contributed by atoms with van der Waals surface area (Å²) in [5, 5.41) is 29.1. The first-order valence-corrected chi connectivity index (χ1v) is 10.1. The van der Waals surface area contributed by atoms with Gasteiger partial charge in [-0.05, 0) is 24.5 Å². The van der Waals surface area contributed by atoms with Crippen LogP contribution in [0.2, 0.25) is 0 Å². The Balaban J connectivity index is 1.81. The van der Waals surface area contributed by atoms with E-state index in [1.54, 1.807) is 22.8 Å². The summed E-state index contributed by atoms with van der Waals surface area (Å²) in [5.41, 5.74) is 8.72. The van der Waals surface area contributed by atoms with E-state index in [0.29, 0.717) is 29.8 Å². The van der Waals surface area contributed by atoms with Crippen LogP contribution in [0.15, 0.2) is 76.9 Å². The maximum atomic E-state index is 13.6. The molecule has 2 heterocycles. The predicted molar refractivity (Wildman–Crippen MR) is 117 cm³/mol. The lowest BCUT2D eigenvalue weighted by molar-refractivity contribution is -0.991. The first kappa shape index (κ1) is 21.3. The molecule has 0 saturated carbocycles. The van der Waals surface area contributed by atoms with Crippen molar-refractivity contribution in [2.75, 3.05) is 0 Å². The summed E-state index contributed by atoms with van der Waals surface area (Å²) in [6, 6.07) is 19.8. The van der Waals surface area contributed by atoms with E-state index in [1.165, 1.54) is 12.1 Å². The standard InChI is InChI=1S/C24H22N4O4/c1-15-13-20-22(24(29)27(15)12-11-16-5-3-2-4-6-16)21(19(14-25)23(26)32-20)17-7-9-18(10-8-17)28(30)31/h2-10,13,21,28,30H,11-12,26H2,1H3/t21-/m1/s1. The highest BCUT2D eigenvalue weighted by atomic mass is 16.8. The number of nitrogens with zero attached hydrogens (tertiary/aromatic N) is 2. The van der Waals surface area contributed by atoms with Crippen molar-refractivity contribution in [2.24, 2.45) is 5.73 Å². The number of ether oxygens (including phenoxy) is 1. The fourth-order valence-electron chi connectivity index (χ4n) is 4.00. The molecule has 32 heavy (non-hydrogen) atoms. The van der Waals surface area contributed by atoms with Gasteiger partial charge < -0.3 is 20.2 Å². The number of fused-ring (bicyclic) bond motifs is 1. The number of quaternary nitrogens is 1. The van der Waals surface area contributed by atoms with Crippen molar-refractivity contribution in [3.05, 3.63) is 110 Å². The maximum absolute atomic E-state index is 13.6. The van der Waals surface area contributed by atoms with Crippen LogP contribution >= 0.6 is 0 Å². The summed E-state index contributed by atoms with van der Waals surface area (Å²) in [5.74, 6) is -0.497. The van der Waals surface area contributed by atoms with E-state index in [0.717, 1.165) is 11.3 Å². The van der Waals surface area contributed by atoms with E-state index in [2.05, 4.69) is 6.07 Å². The first-order valence-electron chi connectivity index (χ1n) is 10.1. The van der Waals surface area contributed by atoms with Crippen LogP contribution in [0.3, 0.4) is 0 Å². The van der Waals surface area contributed by atoms with Gasteiger partial charge >= 0.3 is 0 Å². The third-order valence-corrected chi connectivity index (χ3v) is 5.65. The molecule has 8 nitrogen and oxygen atoms in total. The number of nitrogens with two attached hydrogens (primary N) is 1. The van der Waals surface area contributed by atoms with E-state index in [-0.39, 0.29) is 22.7 Å². The van der Waals surface area contributed by atoms with E-state index in [9.17, 15) is 20.5 Å². The molecule has 0 radical (unpaired) electrons. The van der Waals surface area contributed by atoms with Gasteiger partial charge in [-0.3, -0.25) is 4.79 Å². The number of hydrogen-bond donors (Lipinski definition) is 3. The molecule has 1 unspecified atom stereocenters. The summed E-state index contributed by atoms with van der Waals surface area (Å²) in [7, 11) is 0. The molecule has 162 valence electrons. The minimum atomic E-state index is -1.06. The number of allylic oxidation sites excluding steroid dienone is 1. The molecule has 1 aliphatic heterocycles. The van der Waals surface area contributed by atoms with E-state index < -0.39 is 11.1 Å². The smallest absolute Gasteiger partial charge is 0.258 e. The number of benzene rings is 2. The number of hydrogen-bond acceptors (Lipinski definition) is 6. The van der Waals surface area contributed by atoms with Gasteiger partial charge in [-0.1, -0.05) is 42.5 Å². The monoisotopic (exact) mass is 430 g/mol. The van der Waals surface area contributed by atoms with Gasteiger partial charge in [-0.25, -0.2) is 5.21 Å². The average Bonchev–Trinajstić information content (AvgIpc) is 2.78. The molecule has 0 spiro atoms. The van der Waals surface area contributed by atoms with Crippen molar-refractivity contribution in [1.82, 2.24) is 4.57 Å². The Morgan fingerprint density at radius 3 is 2.53 bits per heavy atom. The molecule has 0 saturated heterocycles. The number of aryl methyl sites for hydroxylation is 2. The van der Waals surface area contributed by atoms with Gasteiger partial charge in [0.05, 0.1) is 11.5 Å². The molecule has 1 aliphatic rings. The van der Waals surface area contributed by atoms with Gasteiger partial charge in [-0.15, -0.1) is 0 Å². The molecule has 0 fully saturated rings. The van der Waals surface area contributed by atoms with Crippen molar-refractivity contribution in [1.29, 1.82) is 5.26 Å². The van der Waals surface area contributed by atoms with Crippen LogP contribution in [-0.4, -0.2) is 9.77 Å². The van der Waals surface area contributed by atoms with Crippen molar-refractivity contribution in [2.45, 2.75) is 25.8 Å². The third-order valence-electron chi connectivity index (χ3n) is 5.65. The fraction of sp³-hybridized carbons (Fsp3) is 0.167. The van der Waals surface area contributed by atoms with Gasteiger partial charge in [0, 0.05) is 30.4 Å². The Morgan fingerprint density at radius 2 is 1.91 bits per heavy atom. The molecule has 0 bridgehead atoms. The van der Waals surface area contributed by atoms with Crippen LogP contribution in [0.4, 0.5) is 5.69 Å². The molecule has 0 amide bonds. The Morgan fingerprint density at radius 1 is 1.22 bits per heavy atom. The number of nitriles is 1. The highest BCUT2D eigenvalue weighted by molar-refractivity contribution is 5.56. The summed E-state index contributed by atoms with van der Waals surface area (Å²) >= 11 is 0. The molecule has 4 N–H and O–H groups in total. The van der Waals surface area contributed by atoms with Crippen molar-refractivity contribution in [3.63, 3.8) is 0 Å². The number of aromatic nitrogens is 1. The zero-order chi connectivity index (χ0) is 22.8. The fourth-order valence-corrected chi connectivity index (χ4v) is 4.00. The lowest BCUT2D eigenvalue weighted by Crippen LogP contribution is -2.99. The molecular weight excluding hydrogens is 408 g/mol. The molecule has 4 rings (SSSR count). The molecule has 1 aromatic heterocycles. The van der Waals surface area contributed by atoms with E-state index in [1.807, 2.05) is 37.3 Å². The largest absolute Gasteiger partial charge is 0.595 e. The maximum Gasteiger partial charge on any atom is 0.258 e. The quantitative estimate of drug-likeness (QED) is 0.531. The molecule has 2 aromatic carbocycles. The molecule has 2 atom stereocenters. The second-order valence-corrected chi connectivity index (χ2v) is 7.61. The third kappa shape index (κ3) is 3.88. The number of rotatable bonds is 5. The van der Waals surface area contributed by atoms with Crippen LogP contribution in [-0.2, 0) is 13.0 Å². The first-order chi connectivity index (χ1) is 15.4. The Hall–Kier alpha value is -3.90. The lowest BCUT2D eigenvalue weighted by atomic mass is 9.84. The van der Waals surface area contributed by atoms with Gasteiger partial charge in [-0.2, -0.15) is 10.5 Å². The van der Waals surface area contributed by atoms with Crippen LogP contribution in [0.5, 0.6) is 5.75 Å². The minimum Gasteiger partial charge on any atom is -0.595 e. The van der Waals surface area contributed by atoms with Crippen molar-refractivity contribution >= 4 is 5.69 Å². The summed E-state index contributed by atoms with van der Waals surface area (Å²) in [6.45, 7) is 2.29. The molecule has 0 aliphatic carbocycles. The Labute approximate surface area is 184 Å². The minimum absolute atomic E-state index is 0.0619. The average molecular weight is 430 g/mol. The SMILES string of the molecule is Cc1cc2c(c(=O)n1CCc1ccccc1)[C@H](c1ccc([NH+]([O-])O)cc1)C(C#N)=C(N)O2. The highest BCUT2D eigenvalue weighted by Crippen LogP contribution is 2.40. The molecule has 3 aromatic rings. The second kappa shape index (κ2) is 8.69. The Bertz CT molecular complexity index is 1270. The normalized spacial score (nSPS) is 16.1. The number of pyridine rings is 1. The van der Waals surface area contributed by atoms with Gasteiger partial charge in [0.1, 0.15) is 17.4 Å². The van der Waals surface area contributed by atoms with Gasteiger partial charge in [0.15, 0.2) is 5.69 Å². The van der Waals surface area contributed by atoms with Crippen molar-refractivity contribution < 1.29 is 15.2 Å². The van der Waals surface area contributed by atoms with E-state index >= 15 is 0 Å².